The van der Waals surface area contributed by atoms with Gasteiger partial charge in [0.25, 0.3) is 0 Å². The molecule has 0 N–H and O–H groups in total. The summed E-state index contributed by atoms with van der Waals surface area (Å²) in [6.07, 6.45) is 9.37. The van der Waals surface area contributed by atoms with Crippen molar-refractivity contribution in [3.63, 3.8) is 0 Å². The topological polar surface area (TPSA) is 0 Å². The Bertz CT molecular complexity index is 720. The third-order valence-corrected chi connectivity index (χ3v) is 5.33. The maximum Gasteiger partial charge on any atom is -0.0192 e. The van der Waals surface area contributed by atoms with Gasteiger partial charge in [-0.05, 0) is 97.9 Å². The minimum atomic E-state index is 1.17. The van der Waals surface area contributed by atoms with Crippen molar-refractivity contribution in [2.45, 2.75) is 53.4 Å². The zero-order valence-corrected chi connectivity index (χ0v) is 14.3. The van der Waals surface area contributed by atoms with Crippen molar-refractivity contribution < 1.29 is 0 Å². The van der Waals surface area contributed by atoms with Crippen LogP contribution in [0.15, 0.2) is 64.3 Å². The highest BCUT2D eigenvalue weighted by atomic mass is 14.3. The summed E-state index contributed by atoms with van der Waals surface area (Å²) in [5.74, 6) is 0. The van der Waals surface area contributed by atoms with Crippen LogP contribution in [0.4, 0.5) is 0 Å². The molecular formula is C22H26. The van der Waals surface area contributed by atoms with E-state index in [-0.39, 0.29) is 0 Å². The average molecular weight is 290 g/mol. The maximum atomic E-state index is 2.32. The lowest BCUT2D eigenvalue weighted by Crippen LogP contribution is -2.07. The Labute approximate surface area is 135 Å². The normalized spacial score (nSPS) is 19.3. The van der Waals surface area contributed by atoms with E-state index in [4.69, 9.17) is 0 Å². The fraction of sp³-hybridized carbons (Fsp3) is 0.364. The second-order valence-electron chi connectivity index (χ2n) is 6.62. The predicted molar refractivity (Wildman–Crippen MR) is 96.8 cm³/mol. The fourth-order valence-corrected chi connectivity index (χ4v) is 3.88. The first-order valence-electron chi connectivity index (χ1n) is 8.42. The molecule has 0 spiro atoms. The molecule has 2 aliphatic carbocycles. The quantitative estimate of drug-likeness (QED) is 0.579. The van der Waals surface area contributed by atoms with Gasteiger partial charge in [0.15, 0.2) is 0 Å². The van der Waals surface area contributed by atoms with Crippen LogP contribution in [0.2, 0.25) is 0 Å². The molecule has 2 aliphatic rings. The first kappa shape index (κ1) is 15.1. The molecule has 0 aliphatic heterocycles. The van der Waals surface area contributed by atoms with Crippen molar-refractivity contribution in [2.75, 3.05) is 0 Å². The molecule has 0 heteroatoms. The van der Waals surface area contributed by atoms with Gasteiger partial charge in [0.1, 0.15) is 0 Å². The number of hydrogen-bond donors (Lipinski definition) is 0. The first-order valence-corrected chi connectivity index (χ1v) is 8.42. The van der Waals surface area contributed by atoms with E-state index in [2.05, 4.69) is 64.1 Å². The van der Waals surface area contributed by atoms with Crippen LogP contribution < -0.4 is 0 Å². The Morgan fingerprint density at radius 1 is 0.727 bits per heavy atom. The van der Waals surface area contributed by atoms with Crippen molar-refractivity contribution in [1.29, 1.82) is 0 Å². The SMILES string of the molecule is CC1=C(C2=C(C)C(C)=C(c3ccccc3C)CC2)CCC=C1. The van der Waals surface area contributed by atoms with Gasteiger partial charge in [0, 0.05) is 0 Å². The summed E-state index contributed by atoms with van der Waals surface area (Å²) >= 11 is 0. The van der Waals surface area contributed by atoms with Crippen molar-refractivity contribution in [2.24, 2.45) is 0 Å². The number of hydrogen-bond acceptors (Lipinski definition) is 0. The monoisotopic (exact) mass is 290 g/mol. The first-order chi connectivity index (χ1) is 10.6. The van der Waals surface area contributed by atoms with Gasteiger partial charge in [-0.25, -0.2) is 0 Å². The van der Waals surface area contributed by atoms with E-state index < -0.39 is 0 Å². The molecule has 114 valence electrons. The summed E-state index contributed by atoms with van der Waals surface area (Å²) in [7, 11) is 0. The maximum absolute atomic E-state index is 2.32. The van der Waals surface area contributed by atoms with E-state index in [0.717, 1.165) is 0 Å². The lowest BCUT2D eigenvalue weighted by Gasteiger charge is -2.27. The molecule has 0 aromatic heterocycles. The van der Waals surface area contributed by atoms with Gasteiger partial charge in [0.2, 0.25) is 0 Å². The zero-order valence-electron chi connectivity index (χ0n) is 14.3. The summed E-state index contributed by atoms with van der Waals surface area (Å²) in [6, 6.07) is 8.80. The zero-order chi connectivity index (χ0) is 15.7. The second-order valence-corrected chi connectivity index (χ2v) is 6.62. The molecule has 0 saturated heterocycles. The number of rotatable bonds is 2. The Hall–Kier alpha value is -1.82. The summed E-state index contributed by atoms with van der Waals surface area (Å²) in [5, 5.41) is 0. The predicted octanol–water partition coefficient (Wildman–Crippen LogP) is 6.55. The van der Waals surface area contributed by atoms with E-state index in [1.165, 1.54) is 53.5 Å². The molecule has 1 aromatic carbocycles. The van der Waals surface area contributed by atoms with E-state index in [9.17, 15) is 0 Å². The van der Waals surface area contributed by atoms with Crippen molar-refractivity contribution in [1.82, 2.24) is 0 Å². The van der Waals surface area contributed by atoms with Gasteiger partial charge in [-0.3, -0.25) is 0 Å². The number of aryl methyl sites for hydroxylation is 1. The van der Waals surface area contributed by atoms with Crippen molar-refractivity contribution in [3.8, 4) is 0 Å². The molecule has 0 amide bonds. The minimum absolute atomic E-state index is 1.17. The largest absolute Gasteiger partial charge is 0.0839 e. The molecular weight excluding hydrogens is 264 g/mol. The van der Waals surface area contributed by atoms with Crippen LogP contribution >= 0.6 is 0 Å². The number of allylic oxidation sites excluding steroid dienone is 8. The highest BCUT2D eigenvalue weighted by molar-refractivity contribution is 5.76. The average Bonchev–Trinajstić information content (AvgIpc) is 2.52. The molecule has 0 nitrogen and oxygen atoms in total. The van der Waals surface area contributed by atoms with Crippen molar-refractivity contribution in [3.05, 3.63) is 75.4 Å². The van der Waals surface area contributed by atoms with Crippen LogP contribution in [-0.2, 0) is 0 Å². The molecule has 0 bridgehead atoms. The van der Waals surface area contributed by atoms with Gasteiger partial charge < -0.3 is 0 Å². The van der Waals surface area contributed by atoms with Crippen LogP contribution in [0, 0.1) is 6.92 Å². The van der Waals surface area contributed by atoms with Crippen LogP contribution in [-0.4, -0.2) is 0 Å². The molecule has 0 atom stereocenters. The fourth-order valence-electron chi connectivity index (χ4n) is 3.88. The third kappa shape index (κ3) is 2.63. The molecule has 0 heterocycles. The van der Waals surface area contributed by atoms with Crippen molar-refractivity contribution >= 4 is 5.57 Å². The van der Waals surface area contributed by atoms with Crippen LogP contribution in [0.3, 0.4) is 0 Å². The van der Waals surface area contributed by atoms with E-state index in [1.807, 2.05) is 0 Å². The standard InChI is InChI=1S/C22H26/c1-15-9-5-7-11-19(15)21-13-14-22(18(4)17(21)3)20-12-8-6-10-16(20)2/h5-7,9-11H,8,12-14H2,1-4H3. The van der Waals surface area contributed by atoms with Crippen LogP contribution in [0.25, 0.3) is 5.57 Å². The van der Waals surface area contributed by atoms with Gasteiger partial charge in [0.05, 0.1) is 0 Å². The molecule has 0 unspecified atom stereocenters. The summed E-state index contributed by atoms with van der Waals surface area (Å²) < 4.78 is 0. The molecule has 0 fully saturated rings. The van der Waals surface area contributed by atoms with Gasteiger partial charge in [-0.1, -0.05) is 36.4 Å². The number of benzene rings is 1. The van der Waals surface area contributed by atoms with Crippen LogP contribution in [0.1, 0.15) is 57.6 Å². The molecule has 3 rings (SSSR count). The Kier molecular flexibility index (Phi) is 4.20. The highest BCUT2D eigenvalue weighted by Crippen LogP contribution is 2.41. The summed E-state index contributed by atoms with van der Waals surface area (Å²) in [4.78, 5) is 0. The lowest BCUT2D eigenvalue weighted by atomic mass is 9.78. The molecule has 0 saturated carbocycles. The van der Waals surface area contributed by atoms with E-state index in [0.29, 0.717) is 0 Å². The van der Waals surface area contributed by atoms with Gasteiger partial charge in [-0.15, -0.1) is 0 Å². The third-order valence-electron chi connectivity index (χ3n) is 5.33. The smallest absolute Gasteiger partial charge is 0.0192 e. The molecule has 1 aromatic rings. The Morgan fingerprint density at radius 3 is 2.14 bits per heavy atom. The van der Waals surface area contributed by atoms with E-state index >= 15 is 0 Å². The highest BCUT2D eigenvalue weighted by Gasteiger charge is 2.21. The minimum Gasteiger partial charge on any atom is -0.0839 e. The van der Waals surface area contributed by atoms with Gasteiger partial charge >= 0.3 is 0 Å². The molecule has 22 heavy (non-hydrogen) atoms. The lowest BCUT2D eigenvalue weighted by molar-refractivity contribution is 0.869. The Balaban J connectivity index is 2.08. The second kappa shape index (κ2) is 6.12. The summed E-state index contributed by atoms with van der Waals surface area (Å²) in [6.45, 7) is 9.12. The van der Waals surface area contributed by atoms with Crippen LogP contribution in [0.5, 0.6) is 0 Å². The molecule has 0 radical (unpaired) electrons. The summed E-state index contributed by atoms with van der Waals surface area (Å²) in [5.41, 5.74) is 12.0. The Morgan fingerprint density at radius 2 is 1.41 bits per heavy atom. The van der Waals surface area contributed by atoms with E-state index in [1.54, 1.807) is 16.7 Å². The van der Waals surface area contributed by atoms with Gasteiger partial charge in [-0.2, -0.15) is 0 Å².